The van der Waals surface area contributed by atoms with E-state index in [4.69, 9.17) is 5.73 Å². The third kappa shape index (κ3) is 1.06. The lowest BCUT2D eigenvalue weighted by molar-refractivity contribution is 0.291. The molecule has 58 valence electrons. The smallest absolute Gasteiger partial charge is 0.0167 e. The van der Waals surface area contributed by atoms with E-state index >= 15 is 0 Å². The average molecular weight is 140 g/mol. The van der Waals surface area contributed by atoms with Gasteiger partial charge in [-0.1, -0.05) is 0 Å². The van der Waals surface area contributed by atoms with Gasteiger partial charge in [0.2, 0.25) is 0 Å². The van der Waals surface area contributed by atoms with Crippen LogP contribution in [0.1, 0.15) is 32.1 Å². The summed E-state index contributed by atoms with van der Waals surface area (Å²) in [6, 6.07) is 0.791. The summed E-state index contributed by atoms with van der Waals surface area (Å²) < 4.78 is 0. The Morgan fingerprint density at radius 2 is 1.90 bits per heavy atom. The summed E-state index contributed by atoms with van der Waals surface area (Å²) in [6.45, 7) is 1.14. The first-order valence-electron chi connectivity index (χ1n) is 4.31. The highest BCUT2D eigenvalue weighted by atomic mass is 15.0. The molecule has 1 saturated carbocycles. The van der Waals surface area contributed by atoms with Crippen molar-refractivity contribution in [2.45, 2.75) is 43.7 Å². The minimum Gasteiger partial charge on any atom is -0.325 e. The molecule has 2 bridgehead atoms. The molecule has 2 aliphatic heterocycles. The van der Waals surface area contributed by atoms with E-state index in [0.717, 1.165) is 12.6 Å². The van der Waals surface area contributed by atoms with Gasteiger partial charge in [0.1, 0.15) is 0 Å². The first-order chi connectivity index (χ1) is 4.79. The fourth-order valence-electron chi connectivity index (χ4n) is 2.17. The first-order valence-corrected chi connectivity index (χ1v) is 4.31. The molecule has 0 radical (unpaired) electrons. The Balaban J connectivity index is 2.11. The number of rotatable bonds is 0. The maximum atomic E-state index is 6.16. The van der Waals surface area contributed by atoms with Crippen LogP contribution < -0.4 is 11.1 Å². The van der Waals surface area contributed by atoms with E-state index < -0.39 is 0 Å². The van der Waals surface area contributed by atoms with Gasteiger partial charge in [0, 0.05) is 11.6 Å². The van der Waals surface area contributed by atoms with Crippen molar-refractivity contribution in [2.75, 3.05) is 6.54 Å². The summed E-state index contributed by atoms with van der Waals surface area (Å²) in [6.07, 6.45) is 6.27. The summed E-state index contributed by atoms with van der Waals surface area (Å²) in [7, 11) is 0. The largest absolute Gasteiger partial charge is 0.325 e. The van der Waals surface area contributed by atoms with Gasteiger partial charge < -0.3 is 11.1 Å². The van der Waals surface area contributed by atoms with Gasteiger partial charge in [-0.3, -0.25) is 0 Å². The number of nitrogens with two attached hydrogens (primary N) is 1. The molecule has 3 rings (SSSR count). The normalized spacial score (nSPS) is 47.1. The molecule has 0 aromatic rings. The Labute approximate surface area is 62.2 Å². The molecule has 3 N–H and O–H groups in total. The topological polar surface area (TPSA) is 38.0 Å². The number of nitrogens with one attached hydrogen (secondary N) is 1. The van der Waals surface area contributed by atoms with Crippen molar-refractivity contribution in [3.8, 4) is 0 Å². The molecule has 10 heavy (non-hydrogen) atoms. The fraction of sp³-hybridized carbons (Fsp3) is 1.00. The first kappa shape index (κ1) is 6.62. The molecule has 0 atom stereocenters. The molecule has 2 heteroatoms. The van der Waals surface area contributed by atoms with E-state index in [9.17, 15) is 0 Å². The van der Waals surface area contributed by atoms with Gasteiger partial charge in [-0.15, -0.1) is 0 Å². The van der Waals surface area contributed by atoms with E-state index in [1.165, 1.54) is 32.1 Å². The second-order valence-electron chi connectivity index (χ2n) is 3.84. The molecule has 3 fully saturated rings. The quantitative estimate of drug-likeness (QED) is 0.517. The van der Waals surface area contributed by atoms with E-state index in [0.29, 0.717) is 0 Å². The Hall–Kier alpha value is -0.0800. The molecule has 1 aliphatic carbocycles. The van der Waals surface area contributed by atoms with Crippen molar-refractivity contribution in [1.29, 1.82) is 0 Å². The Kier molecular flexibility index (Phi) is 1.46. The number of hydrogen-bond donors (Lipinski definition) is 2. The number of hydrogen-bond acceptors (Lipinski definition) is 2. The average Bonchev–Trinajstić information content (AvgIpc) is 2.19. The lowest BCUT2D eigenvalue weighted by Crippen LogP contribution is -2.42. The Morgan fingerprint density at radius 3 is 2.60 bits per heavy atom. The van der Waals surface area contributed by atoms with Crippen molar-refractivity contribution in [3.63, 3.8) is 0 Å². The molecule has 0 spiro atoms. The van der Waals surface area contributed by atoms with Crippen LogP contribution in [-0.2, 0) is 0 Å². The highest BCUT2D eigenvalue weighted by molar-refractivity contribution is 4.95. The van der Waals surface area contributed by atoms with E-state index in [-0.39, 0.29) is 5.54 Å². The summed E-state index contributed by atoms with van der Waals surface area (Å²) in [5.74, 6) is 0. The van der Waals surface area contributed by atoms with Crippen LogP contribution in [-0.4, -0.2) is 18.1 Å². The van der Waals surface area contributed by atoms with Gasteiger partial charge in [0.25, 0.3) is 0 Å². The van der Waals surface area contributed by atoms with Crippen LogP contribution in [0.2, 0.25) is 0 Å². The molecule has 0 amide bonds. The summed E-state index contributed by atoms with van der Waals surface area (Å²) in [5.41, 5.74) is 6.36. The SMILES string of the molecule is NC12CCNC(CC1)CC2. The zero-order valence-electron chi connectivity index (χ0n) is 6.40. The zero-order chi connectivity index (χ0) is 7.03. The van der Waals surface area contributed by atoms with Crippen LogP contribution >= 0.6 is 0 Å². The highest BCUT2D eigenvalue weighted by Crippen LogP contribution is 2.31. The van der Waals surface area contributed by atoms with Gasteiger partial charge in [-0.05, 0) is 38.6 Å². The molecule has 0 aromatic heterocycles. The van der Waals surface area contributed by atoms with Crippen LogP contribution in [0.3, 0.4) is 0 Å². The third-order valence-corrected chi connectivity index (χ3v) is 3.04. The minimum absolute atomic E-state index is 0.208. The van der Waals surface area contributed by atoms with Crippen LogP contribution in [0.4, 0.5) is 0 Å². The zero-order valence-corrected chi connectivity index (χ0v) is 6.40. The predicted molar refractivity (Wildman–Crippen MR) is 41.8 cm³/mol. The maximum absolute atomic E-state index is 6.16. The van der Waals surface area contributed by atoms with Gasteiger partial charge >= 0.3 is 0 Å². The fourth-order valence-corrected chi connectivity index (χ4v) is 2.17. The molecule has 0 unspecified atom stereocenters. The van der Waals surface area contributed by atoms with Crippen molar-refractivity contribution < 1.29 is 0 Å². The summed E-state index contributed by atoms with van der Waals surface area (Å²) >= 11 is 0. The van der Waals surface area contributed by atoms with Crippen molar-refractivity contribution in [1.82, 2.24) is 5.32 Å². The molecular formula is C8H16N2. The van der Waals surface area contributed by atoms with Gasteiger partial charge in [0.15, 0.2) is 0 Å². The van der Waals surface area contributed by atoms with Crippen molar-refractivity contribution in [2.24, 2.45) is 5.73 Å². The molecule has 0 aromatic carbocycles. The van der Waals surface area contributed by atoms with Crippen LogP contribution in [0, 0.1) is 0 Å². The monoisotopic (exact) mass is 140 g/mol. The van der Waals surface area contributed by atoms with Crippen LogP contribution in [0.15, 0.2) is 0 Å². The van der Waals surface area contributed by atoms with E-state index in [2.05, 4.69) is 5.32 Å². The standard InChI is InChI=1S/C8H16N2/c9-8-3-1-7(2-4-8)10-6-5-8/h7,10H,1-6,9H2. The van der Waals surface area contributed by atoms with Crippen molar-refractivity contribution in [3.05, 3.63) is 0 Å². The van der Waals surface area contributed by atoms with Gasteiger partial charge in [0.05, 0.1) is 0 Å². The van der Waals surface area contributed by atoms with Gasteiger partial charge in [-0.2, -0.15) is 0 Å². The molecule has 2 nitrogen and oxygen atoms in total. The Morgan fingerprint density at radius 1 is 1.20 bits per heavy atom. The highest BCUT2D eigenvalue weighted by Gasteiger charge is 2.33. The second kappa shape index (κ2) is 2.21. The molecule has 3 aliphatic rings. The summed E-state index contributed by atoms with van der Waals surface area (Å²) in [5, 5.41) is 3.52. The molecular weight excluding hydrogens is 124 g/mol. The number of fused-ring (bicyclic) bond motifs is 4. The lowest BCUT2D eigenvalue weighted by Gasteiger charge is -2.32. The maximum Gasteiger partial charge on any atom is 0.0167 e. The molecule has 2 saturated heterocycles. The second-order valence-corrected chi connectivity index (χ2v) is 3.84. The van der Waals surface area contributed by atoms with Gasteiger partial charge in [-0.25, -0.2) is 0 Å². The van der Waals surface area contributed by atoms with Crippen molar-refractivity contribution >= 4 is 0 Å². The summed E-state index contributed by atoms with van der Waals surface area (Å²) in [4.78, 5) is 0. The van der Waals surface area contributed by atoms with Crippen LogP contribution in [0.25, 0.3) is 0 Å². The van der Waals surface area contributed by atoms with Crippen LogP contribution in [0.5, 0.6) is 0 Å². The third-order valence-electron chi connectivity index (χ3n) is 3.04. The van der Waals surface area contributed by atoms with E-state index in [1.807, 2.05) is 0 Å². The van der Waals surface area contributed by atoms with E-state index in [1.54, 1.807) is 0 Å². The molecule has 2 heterocycles. The lowest BCUT2D eigenvalue weighted by atomic mass is 9.80. The minimum atomic E-state index is 0.208. The predicted octanol–water partition coefficient (Wildman–Crippen LogP) is 0.620. The Bertz CT molecular complexity index is 120.